The van der Waals surface area contributed by atoms with Crippen LogP contribution in [0.3, 0.4) is 0 Å². The molecule has 0 bridgehead atoms. The maximum absolute atomic E-state index is 11.8. The molecule has 0 radical (unpaired) electrons. The van der Waals surface area contributed by atoms with E-state index in [1.54, 1.807) is 12.4 Å². The maximum atomic E-state index is 11.8. The van der Waals surface area contributed by atoms with Gasteiger partial charge < -0.3 is 10.1 Å². The molecule has 0 aliphatic heterocycles. The molecule has 2 amide bonds. The predicted molar refractivity (Wildman–Crippen MR) is 88.0 cm³/mol. The summed E-state index contributed by atoms with van der Waals surface area (Å²) in [7, 11) is 0. The zero-order chi connectivity index (χ0) is 17.1. The van der Waals surface area contributed by atoms with Crippen molar-refractivity contribution in [1.82, 2.24) is 5.48 Å². The van der Waals surface area contributed by atoms with Crippen molar-refractivity contribution in [3.63, 3.8) is 0 Å². The summed E-state index contributed by atoms with van der Waals surface area (Å²) in [5, 5.41) is 11.5. The first-order valence-corrected chi connectivity index (χ1v) is 7.57. The largest absolute Gasteiger partial charge is 0.364 e. The van der Waals surface area contributed by atoms with Gasteiger partial charge in [-0.3, -0.25) is 14.8 Å². The lowest BCUT2D eigenvalue weighted by molar-refractivity contribution is -0.141. The summed E-state index contributed by atoms with van der Waals surface area (Å²) < 4.78 is 5.39. The molecule has 0 saturated carbocycles. The van der Waals surface area contributed by atoms with Crippen molar-refractivity contribution < 1.29 is 19.5 Å². The monoisotopic (exact) mass is 320 g/mol. The number of amides is 2. The van der Waals surface area contributed by atoms with Crippen LogP contribution < -0.4 is 10.8 Å². The molecule has 1 rings (SSSR count). The second-order valence-corrected chi connectivity index (χ2v) is 5.39. The third-order valence-electron chi connectivity index (χ3n) is 3.11. The molecule has 0 saturated heterocycles. The van der Waals surface area contributed by atoms with Gasteiger partial charge in [0.25, 0.3) is 5.91 Å². The topological polar surface area (TPSA) is 87.7 Å². The van der Waals surface area contributed by atoms with Crippen molar-refractivity contribution in [3.8, 4) is 0 Å². The van der Waals surface area contributed by atoms with Crippen molar-refractivity contribution in [2.45, 2.75) is 38.7 Å². The van der Waals surface area contributed by atoms with E-state index in [4.69, 9.17) is 9.94 Å². The lowest BCUT2D eigenvalue weighted by Gasteiger charge is -2.15. The Labute approximate surface area is 136 Å². The average molecular weight is 320 g/mol. The Balaban J connectivity index is 2.28. The van der Waals surface area contributed by atoms with Crippen LogP contribution in [0, 0.1) is 0 Å². The highest BCUT2D eigenvalue weighted by molar-refractivity contribution is 5.90. The predicted octanol–water partition coefficient (Wildman–Crippen LogP) is 2.65. The zero-order valence-corrected chi connectivity index (χ0v) is 13.4. The first kappa shape index (κ1) is 18.9. The third-order valence-corrected chi connectivity index (χ3v) is 3.11. The molecular weight excluding hydrogens is 296 g/mol. The molecule has 0 aromatic heterocycles. The number of rotatable bonds is 10. The van der Waals surface area contributed by atoms with Crippen LogP contribution in [0.1, 0.15) is 32.6 Å². The molecule has 23 heavy (non-hydrogen) atoms. The minimum atomic E-state index is -0.742. The number of benzene rings is 1. The zero-order valence-electron chi connectivity index (χ0n) is 13.4. The number of nitrogens with one attached hydrogen (secondary N) is 2. The van der Waals surface area contributed by atoms with Gasteiger partial charge in [0, 0.05) is 12.1 Å². The second kappa shape index (κ2) is 10.5. The van der Waals surface area contributed by atoms with Crippen molar-refractivity contribution in [1.29, 1.82) is 0 Å². The highest BCUT2D eigenvalue weighted by Crippen LogP contribution is 2.11. The first-order valence-electron chi connectivity index (χ1n) is 7.57. The SMILES string of the molecule is C=C(C)COC(CCCCC(=O)Nc1ccccc1)C(=O)NO. The molecule has 0 aliphatic rings. The van der Waals surface area contributed by atoms with Gasteiger partial charge in [-0.2, -0.15) is 0 Å². The molecule has 1 aromatic rings. The molecule has 1 unspecified atom stereocenters. The van der Waals surface area contributed by atoms with Crippen molar-refractivity contribution >= 4 is 17.5 Å². The van der Waals surface area contributed by atoms with Crippen molar-refractivity contribution in [2.24, 2.45) is 0 Å². The Morgan fingerprint density at radius 3 is 2.57 bits per heavy atom. The molecule has 126 valence electrons. The molecule has 0 fully saturated rings. The van der Waals surface area contributed by atoms with Gasteiger partial charge in [-0.1, -0.05) is 30.4 Å². The van der Waals surface area contributed by atoms with Gasteiger partial charge >= 0.3 is 0 Å². The van der Waals surface area contributed by atoms with Gasteiger partial charge in [-0.05, 0) is 38.3 Å². The number of carbonyl (C=O) groups is 2. The summed E-state index contributed by atoms with van der Waals surface area (Å²) in [6.07, 6.45) is 1.32. The van der Waals surface area contributed by atoms with E-state index in [1.165, 1.54) is 0 Å². The normalized spacial score (nSPS) is 11.6. The molecule has 1 atom stereocenters. The van der Waals surface area contributed by atoms with Crippen LogP contribution in [-0.2, 0) is 14.3 Å². The second-order valence-electron chi connectivity index (χ2n) is 5.39. The minimum absolute atomic E-state index is 0.0674. The fourth-order valence-electron chi connectivity index (χ4n) is 1.97. The number of hydrogen-bond acceptors (Lipinski definition) is 4. The molecule has 3 N–H and O–H groups in total. The van der Waals surface area contributed by atoms with Gasteiger partial charge in [0.2, 0.25) is 5.91 Å². The fraction of sp³-hybridized carbons (Fsp3) is 0.412. The van der Waals surface area contributed by atoms with Gasteiger partial charge in [0.15, 0.2) is 0 Å². The summed E-state index contributed by atoms with van der Waals surface area (Å²) >= 11 is 0. The summed E-state index contributed by atoms with van der Waals surface area (Å²) in [4.78, 5) is 23.3. The summed E-state index contributed by atoms with van der Waals surface area (Å²) in [6.45, 7) is 5.75. The summed E-state index contributed by atoms with van der Waals surface area (Å²) in [6, 6.07) is 9.24. The standard InChI is InChI=1S/C17H24N2O4/c1-13(2)12-23-15(17(21)19-22)10-6-7-11-16(20)18-14-8-4-3-5-9-14/h3-5,8-9,15,22H,1,6-7,10-12H2,2H3,(H,18,20)(H,19,21). The van der Waals surface area contributed by atoms with E-state index in [1.807, 2.05) is 30.3 Å². The Hall–Kier alpha value is -2.18. The summed E-state index contributed by atoms with van der Waals surface area (Å²) in [5.41, 5.74) is 3.16. The highest BCUT2D eigenvalue weighted by Gasteiger charge is 2.18. The number of hydroxylamine groups is 1. The smallest absolute Gasteiger partial charge is 0.272 e. The van der Waals surface area contributed by atoms with E-state index in [2.05, 4.69) is 11.9 Å². The van der Waals surface area contributed by atoms with E-state index >= 15 is 0 Å². The molecule has 6 heteroatoms. The lowest BCUT2D eigenvalue weighted by atomic mass is 10.1. The number of hydrogen-bond donors (Lipinski definition) is 3. The Morgan fingerprint density at radius 1 is 1.26 bits per heavy atom. The van der Waals surface area contributed by atoms with Crippen LogP contribution in [0.5, 0.6) is 0 Å². The Morgan fingerprint density at radius 2 is 1.96 bits per heavy atom. The van der Waals surface area contributed by atoms with E-state index in [0.717, 1.165) is 11.3 Å². The maximum Gasteiger partial charge on any atom is 0.272 e. The number of unbranched alkanes of at least 4 members (excludes halogenated alkanes) is 1. The van der Waals surface area contributed by atoms with Gasteiger partial charge in [-0.25, -0.2) is 5.48 Å². The molecule has 0 aliphatic carbocycles. The number of para-hydroxylation sites is 1. The minimum Gasteiger partial charge on any atom is -0.364 e. The highest BCUT2D eigenvalue weighted by atomic mass is 16.5. The van der Waals surface area contributed by atoms with Crippen LogP contribution in [0.25, 0.3) is 0 Å². The number of carbonyl (C=O) groups excluding carboxylic acids is 2. The molecule has 0 spiro atoms. The van der Waals surface area contributed by atoms with Crippen LogP contribution in [0.15, 0.2) is 42.5 Å². The number of ether oxygens (including phenoxy) is 1. The average Bonchev–Trinajstić information content (AvgIpc) is 2.54. The van der Waals surface area contributed by atoms with Crippen LogP contribution in [0.2, 0.25) is 0 Å². The molecule has 1 aromatic carbocycles. The number of anilines is 1. The third kappa shape index (κ3) is 8.13. The Kier molecular flexibility index (Phi) is 8.64. The van der Waals surface area contributed by atoms with Crippen LogP contribution in [0.4, 0.5) is 5.69 Å². The van der Waals surface area contributed by atoms with E-state index in [0.29, 0.717) is 25.7 Å². The van der Waals surface area contributed by atoms with Gasteiger partial charge in [0.1, 0.15) is 6.10 Å². The molecule has 0 heterocycles. The van der Waals surface area contributed by atoms with E-state index in [-0.39, 0.29) is 12.5 Å². The Bertz CT molecular complexity index is 517. The molecular formula is C17H24N2O4. The fourth-order valence-corrected chi connectivity index (χ4v) is 1.97. The van der Waals surface area contributed by atoms with Crippen LogP contribution >= 0.6 is 0 Å². The summed E-state index contributed by atoms with van der Waals surface area (Å²) in [5.74, 6) is -0.651. The quantitative estimate of drug-likeness (QED) is 0.268. The van der Waals surface area contributed by atoms with Crippen molar-refractivity contribution in [3.05, 3.63) is 42.5 Å². The molecule has 6 nitrogen and oxygen atoms in total. The van der Waals surface area contributed by atoms with Crippen LogP contribution in [-0.4, -0.2) is 29.7 Å². The van der Waals surface area contributed by atoms with Crippen molar-refractivity contribution in [2.75, 3.05) is 11.9 Å². The first-order chi connectivity index (χ1) is 11.0. The van der Waals surface area contributed by atoms with E-state index < -0.39 is 12.0 Å². The van der Waals surface area contributed by atoms with Gasteiger partial charge in [0.05, 0.1) is 6.61 Å². The lowest BCUT2D eigenvalue weighted by Crippen LogP contribution is -2.34. The van der Waals surface area contributed by atoms with E-state index in [9.17, 15) is 9.59 Å². The van der Waals surface area contributed by atoms with Gasteiger partial charge in [-0.15, -0.1) is 0 Å².